The van der Waals surface area contributed by atoms with Gasteiger partial charge in [0.05, 0.1) is 0 Å². The van der Waals surface area contributed by atoms with E-state index >= 15 is 0 Å². The Morgan fingerprint density at radius 2 is 2.05 bits per heavy atom. The molecule has 1 amide bonds. The van der Waals surface area contributed by atoms with E-state index in [1.165, 1.54) is 0 Å². The number of amides is 1. The van der Waals surface area contributed by atoms with Gasteiger partial charge in [0.2, 0.25) is 0 Å². The van der Waals surface area contributed by atoms with Crippen molar-refractivity contribution >= 4 is 12.2 Å². The van der Waals surface area contributed by atoms with Crippen molar-refractivity contribution in [3.8, 4) is 5.75 Å². The average molecular weight is 265 g/mol. The van der Waals surface area contributed by atoms with Crippen molar-refractivity contribution in [1.82, 2.24) is 5.32 Å². The fraction of sp³-hybridized carbons (Fsp3) is 0.429. The average Bonchev–Trinajstić information content (AvgIpc) is 2.44. The summed E-state index contributed by atoms with van der Waals surface area (Å²) in [6.07, 6.45) is 0.947. The fourth-order valence-electron chi connectivity index (χ4n) is 1.45. The molecule has 0 aliphatic heterocycles. The van der Waals surface area contributed by atoms with Gasteiger partial charge < -0.3 is 14.8 Å². The molecular formula is C14H19NO4. The van der Waals surface area contributed by atoms with Gasteiger partial charge >= 0.3 is 0 Å². The van der Waals surface area contributed by atoms with Crippen molar-refractivity contribution in [2.24, 2.45) is 0 Å². The summed E-state index contributed by atoms with van der Waals surface area (Å²) in [5, 5.41) is 2.76. The number of methoxy groups -OCH3 is 1. The third-order valence-electron chi connectivity index (χ3n) is 2.52. The zero-order valence-electron chi connectivity index (χ0n) is 11.2. The number of carbonyl (C=O) groups is 2. The van der Waals surface area contributed by atoms with Gasteiger partial charge in [0.25, 0.3) is 5.91 Å². The first kappa shape index (κ1) is 15.2. The van der Waals surface area contributed by atoms with E-state index in [9.17, 15) is 9.59 Å². The van der Waals surface area contributed by atoms with Crippen LogP contribution in [0.3, 0.4) is 0 Å². The summed E-state index contributed by atoms with van der Waals surface area (Å²) >= 11 is 0. The van der Waals surface area contributed by atoms with Gasteiger partial charge in [0, 0.05) is 25.8 Å². The van der Waals surface area contributed by atoms with E-state index in [4.69, 9.17) is 9.47 Å². The lowest BCUT2D eigenvalue weighted by Gasteiger charge is -2.14. The SMILES string of the molecule is COCCCNC(=O)C(C)Oc1ccc(C=O)cc1. The minimum absolute atomic E-state index is 0.171. The van der Waals surface area contributed by atoms with Gasteiger partial charge in [0.15, 0.2) is 6.10 Å². The lowest BCUT2D eigenvalue weighted by molar-refractivity contribution is -0.127. The van der Waals surface area contributed by atoms with Gasteiger partial charge in [-0.25, -0.2) is 0 Å². The van der Waals surface area contributed by atoms with Crippen LogP contribution in [0.1, 0.15) is 23.7 Å². The molecule has 1 N–H and O–H groups in total. The summed E-state index contributed by atoms with van der Waals surface area (Å²) in [5.74, 6) is 0.390. The number of rotatable bonds is 8. The van der Waals surface area contributed by atoms with Gasteiger partial charge in [-0.15, -0.1) is 0 Å². The molecule has 1 rings (SSSR count). The van der Waals surface area contributed by atoms with Crippen LogP contribution in [-0.2, 0) is 9.53 Å². The summed E-state index contributed by atoms with van der Waals surface area (Å²) in [5.41, 5.74) is 0.573. The van der Waals surface area contributed by atoms with E-state index in [-0.39, 0.29) is 5.91 Å². The number of nitrogens with one attached hydrogen (secondary N) is 1. The van der Waals surface area contributed by atoms with E-state index < -0.39 is 6.10 Å². The van der Waals surface area contributed by atoms with Gasteiger partial charge in [-0.3, -0.25) is 9.59 Å². The Balaban J connectivity index is 2.37. The third-order valence-corrected chi connectivity index (χ3v) is 2.52. The van der Waals surface area contributed by atoms with E-state index in [2.05, 4.69) is 5.32 Å². The maximum absolute atomic E-state index is 11.7. The maximum Gasteiger partial charge on any atom is 0.260 e. The van der Waals surface area contributed by atoms with Crippen LogP contribution in [0.25, 0.3) is 0 Å². The van der Waals surface area contributed by atoms with E-state index in [0.29, 0.717) is 24.5 Å². The molecule has 0 radical (unpaired) electrons. The maximum atomic E-state index is 11.7. The molecule has 5 nitrogen and oxygen atoms in total. The molecule has 1 unspecified atom stereocenters. The van der Waals surface area contributed by atoms with Crippen LogP contribution in [-0.4, -0.2) is 38.6 Å². The van der Waals surface area contributed by atoms with Gasteiger partial charge in [-0.1, -0.05) is 0 Å². The smallest absolute Gasteiger partial charge is 0.260 e. The largest absolute Gasteiger partial charge is 0.481 e. The molecule has 1 aromatic carbocycles. The second-order valence-corrected chi connectivity index (χ2v) is 4.08. The van der Waals surface area contributed by atoms with Crippen molar-refractivity contribution < 1.29 is 19.1 Å². The van der Waals surface area contributed by atoms with Crippen molar-refractivity contribution in [3.63, 3.8) is 0 Å². The Morgan fingerprint density at radius 3 is 2.63 bits per heavy atom. The number of carbonyl (C=O) groups excluding carboxylic acids is 2. The van der Waals surface area contributed by atoms with Crippen LogP contribution in [0.5, 0.6) is 5.75 Å². The Morgan fingerprint density at radius 1 is 1.37 bits per heavy atom. The standard InChI is InChI=1S/C14H19NO4/c1-11(14(17)15-8-3-9-18-2)19-13-6-4-12(10-16)5-7-13/h4-7,10-11H,3,8-9H2,1-2H3,(H,15,17). The summed E-state index contributed by atoms with van der Waals surface area (Å²) in [6, 6.07) is 6.62. The van der Waals surface area contributed by atoms with Crippen molar-refractivity contribution in [2.45, 2.75) is 19.4 Å². The molecule has 5 heteroatoms. The summed E-state index contributed by atoms with van der Waals surface area (Å²) in [7, 11) is 1.62. The first-order valence-corrected chi connectivity index (χ1v) is 6.16. The second-order valence-electron chi connectivity index (χ2n) is 4.08. The number of hydrogen-bond acceptors (Lipinski definition) is 4. The van der Waals surface area contributed by atoms with Gasteiger partial charge in [-0.2, -0.15) is 0 Å². The molecule has 0 aromatic heterocycles. The monoisotopic (exact) mass is 265 g/mol. The highest BCUT2D eigenvalue weighted by Gasteiger charge is 2.13. The predicted octanol–water partition coefficient (Wildman–Crippen LogP) is 1.42. The van der Waals surface area contributed by atoms with Gasteiger partial charge in [-0.05, 0) is 37.6 Å². The molecule has 1 atom stereocenters. The number of ether oxygens (including phenoxy) is 2. The zero-order valence-corrected chi connectivity index (χ0v) is 11.2. The first-order valence-electron chi connectivity index (χ1n) is 6.16. The predicted molar refractivity (Wildman–Crippen MR) is 71.4 cm³/mol. The molecule has 1 aromatic rings. The molecule has 0 saturated heterocycles. The molecule has 0 saturated carbocycles. The molecule has 104 valence electrons. The second kappa shape index (κ2) is 8.26. The van der Waals surface area contributed by atoms with Crippen molar-refractivity contribution in [3.05, 3.63) is 29.8 Å². The highest BCUT2D eigenvalue weighted by atomic mass is 16.5. The topological polar surface area (TPSA) is 64.6 Å². The minimum Gasteiger partial charge on any atom is -0.481 e. The quantitative estimate of drug-likeness (QED) is 0.570. The Hall–Kier alpha value is -1.88. The van der Waals surface area contributed by atoms with E-state index in [1.807, 2.05) is 0 Å². The molecule has 0 aliphatic carbocycles. The molecule has 0 aliphatic rings. The van der Waals surface area contributed by atoms with Gasteiger partial charge in [0.1, 0.15) is 12.0 Å². The van der Waals surface area contributed by atoms with Crippen molar-refractivity contribution in [2.75, 3.05) is 20.3 Å². The summed E-state index contributed by atoms with van der Waals surface area (Å²) in [4.78, 5) is 22.2. The molecule has 0 bridgehead atoms. The normalized spacial score (nSPS) is 11.7. The van der Waals surface area contributed by atoms with E-state index in [0.717, 1.165) is 12.7 Å². The fourth-order valence-corrected chi connectivity index (χ4v) is 1.45. The van der Waals surface area contributed by atoms with Crippen LogP contribution >= 0.6 is 0 Å². The van der Waals surface area contributed by atoms with Crippen LogP contribution < -0.4 is 10.1 Å². The van der Waals surface area contributed by atoms with Crippen LogP contribution in [0, 0.1) is 0 Å². The van der Waals surface area contributed by atoms with E-state index in [1.54, 1.807) is 38.3 Å². The zero-order chi connectivity index (χ0) is 14.1. The highest BCUT2D eigenvalue weighted by molar-refractivity contribution is 5.80. The van der Waals surface area contributed by atoms with Crippen LogP contribution in [0.2, 0.25) is 0 Å². The molecule has 19 heavy (non-hydrogen) atoms. The lowest BCUT2D eigenvalue weighted by Crippen LogP contribution is -2.37. The van der Waals surface area contributed by atoms with Crippen LogP contribution in [0.15, 0.2) is 24.3 Å². The number of benzene rings is 1. The minimum atomic E-state index is -0.579. The Labute approximate surface area is 112 Å². The molecule has 0 spiro atoms. The Bertz CT molecular complexity index is 402. The molecule has 0 fully saturated rings. The summed E-state index contributed by atoms with van der Waals surface area (Å²) < 4.78 is 10.4. The molecular weight excluding hydrogens is 246 g/mol. The number of hydrogen-bond donors (Lipinski definition) is 1. The highest BCUT2D eigenvalue weighted by Crippen LogP contribution is 2.12. The lowest BCUT2D eigenvalue weighted by atomic mass is 10.2. The molecule has 0 heterocycles. The summed E-state index contributed by atoms with van der Waals surface area (Å²) in [6.45, 7) is 2.85. The van der Waals surface area contributed by atoms with Crippen LogP contribution in [0.4, 0.5) is 0 Å². The number of aldehydes is 1. The van der Waals surface area contributed by atoms with Crippen molar-refractivity contribution in [1.29, 1.82) is 0 Å². The Kier molecular flexibility index (Phi) is 6.60. The first-order chi connectivity index (χ1) is 9.17. The third kappa shape index (κ3) is 5.52.